The Labute approximate surface area is 131 Å². The van der Waals surface area contributed by atoms with Gasteiger partial charge in [-0.3, -0.25) is 9.89 Å². The van der Waals surface area contributed by atoms with Crippen LogP contribution in [0.4, 0.5) is 5.00 Å². The van der Waals surface area contributed by atoms with Gasteiger partial charge in [0.15, 0.2) is 0 Å². The molecule has 1 aliphatic carbocycles. The maximum atomic E-state index is 4.87. The first-order valence-electron chi connectivity index (χ1n) is 8.57. The average molecular weight is 303 g/mol. The maximum Gasteiger partial charge on any atom is 0.133 e. The molecule has 4 rings (SSSR count). The highest BCUT2D eigenvalue weighted by molar-refractivity contribution is 7.16. The second kappa shape index (κ2) is 5.73. The summed E-state index contributed by atoms with van der Waals surface area (Å²) >= 11 is 1.99. The molecule has 4 heteroatoms. The van der Waals surface area contributed by atoms with Gasteiger partial charge in [-0.25, -0.2) is 0 Å². The van der Waals surface area contributed by atoms with Crippen molar-refractivity contribution in [1.82, 2.24) is 4.90 Å². The molecular weight excluding hydrogens is 278 g/mol. The summed E-state index contributed by atoms with van der Waals surface area (Å²) in [6, 6.07) is 0.714. The molecule has 0 radical (unpaired) electrons. The minimum Gasteiger partial charge on any atom is -0.338 e. The molecule has 114 valence electrons. The fourth-order valence-electron chi connectivity index (χ4n) is 4.25. The maximum absolute atomic E-state index is 4.87. The van der Waals surface area contributed by atoms with Gasteiger partial charge in [0.25, 0.3) is 0 Å². The fourth-order valence-corrected chi connectivity index (χ4v) is 5.52. The summed E-state index contributed by atoms with van der Waals surface area (Å²) in [6.45, 7) is 3.54. The average Bonchev–Trinajstić information content (AvgIpc) is 2.93. The first kappa shape index (κ1) is 13.8. The van der Waals surface area contributed by atoms with E-state index in [1.54, 1.807) is 10.4 Å². The number of hydrogen-bond donors (Lipinski definition) is 1. The largest absolute Gasteiger partial charge is 0.338 e. The van der Waals surface area contributed by atoms with E-state index < -0.39 is 0 Å². The molecule has 0 saturated carbocycles. The number of thiophene rings is 1. The highest BCUT2D eigenvalue weighted by Gasteiger charge is 2.35. The van der Waals surface area contributed by atoms with E-state index in [0.717, 1.165) is 0 Å². The zero-order chi connectivity index (χ0) is 14.2. The summed E-state index contributed by atoms with van der Waals surface area (Å²) in [5, 5.41) is 4.80. The quantitative estimate of drug-likeness (QED) is 0.880. The summed E-state index contributed by atoms with van der Waals surface area (Å²) in [7, 11) is 0. The molecule has 0 bridgehead atoms. The lowest BCUT2D eigenvalue weighted by Gasteiger charge is -2.40. The van der Waals surface area contributed by atoms with Gasteiger partial charge in [0.2, 0.25) is 0 Å². The second-order valence-electron chi connectivity index (χ2n) is 6.55. The SMILES string of the molecule is CC[C@@H]1CCCCN1[C@@H]1N=CNc2sc3c(c21)CCCC3. The highest BCUT2D eigenvalue weighted by atomic mass is 32.1. The normalized spacial score (nSPS) is 28.8. The van der Waals surface area contributed by atoms with Gasteiger partial charge in [-0.1, -0.05) is 13.3 Å². The fraction of sp³-hybridized carbons (Fsp3) is 0.706. The molecule has 1 N–H and O–H groups in total. The van der Waals surface area contributed by atoms with Crippen molar-refractivity contribution in [3.63, 3.8) is 0 Å². The Morgan fingerprint density at radius 1 is 1.29 bits per heavy atom. The summed E-state index contributed by atoms with van der Waals surface area (Å²) in [5.41, 5.74) is 3.16. The highest BCUT2D eigenvalue weighted by Crippen LogP contribution is 2.46. The molecule has 0 amide bonds. The van der Waals surface area contributed by atoms with Crippen molar-refractivity contribution in [2.24, 2.45) is 4.99 Å². The van der Waals surface area contributed by atoms with E-state index in [9.17, 15) is 0 Å². The van der Waals surface area contributed by atoms with E-state index in [4.69, 9.17) is 4.99 Å². The number of anilines is 1. The lowest BCUT2D eigenvalue weighted by Crippen LogP contribution is -2.42. The number of aliphatic imine (C=N–C) groups is 1. The van der Waals surface area contributed by atoms with E-state index in [0.29, 0.717) is 6.04 Å². The number of nitrogens with zero attached hydrogens (tertiary/aromatic N) is 2. The molecule has 2 aliphatic heterocycles. The Balaban J connectivity index is 1.72. The number of aryl methyl sites for hydroxylation is 1. The van der Waals surface area contributed by atoms with Crippen LogP contribution in [0.15, 0.2) is 4.99 Å². The summed E-state index contributed by atoms with van der Waals surface area (Å²) in [5.74, 6) is 0. The predicted molar refractivity (Wildman–Crippen MR) is 90.5 cm³/mol. The molecule has 1 aromatic heterocycles. The van der Waals surface area contributed by atoms with Crippen molar-refractivity contribution >= 4 is 22.7 Å². The third-order valence-electron chi connectivity index (χ3n) is 5.34. The first-order valence-corrected chi connectivity index (χ1v) is 9.38. The van der Waals surface area contributed by atoms with Crippen LogP contribution in [0.1, 0.15) is 67.6 Å². The topological polar surface area (TPSA) is 27.6 Å². The molecule has 21 heavy (non-hydrogen) atoms. The molecule has 1 fully saturated rings. The Morgan fingerprint density at radius 2 is 2.19 bits per heavy atom. The number of piperidine rings is 1. The van der Waals surface area contributed by atoms with Crippen LogP contribution >= 0.6 is 11.3 Å². The lowest BCUT2D eigenvalue weighted by molar-refractivity contribution is 0.0951. The van der Waals surface area contributed by atoms with Crippen molar-refractivity contribution in [2.45, 2.75) is 70.5 Å². The monoisotopic (exact) mass is 303 g/mol. The number of fused-ring (bicyclic) bond motifs is 3. The smallest absolute Gasteiger partial charge is 0.133 e. The van der Waals surface area contributed by atoms with Gasteiger partial charge in [0.1, 0.15) is 11.2 Å². The molecule has 0 aromatic carbocycles. The number of likely N-dealkylation sites (tertiary alicyclic amines) is 1. The summed E-state index contributed by atoms with van der Waals surface area (Å²) in [4.78, 5) is 9.18. The van der Waals surface area contributed by atoms with E-state index in [1.165, 1.54) is 68.5 Å². The van der Waals surface area contributed by atoms with Gasteiger partial charge < -0.3 is 5.32 Å². The molecular formula is C17H25N3S. The second-order valence-corrected chi connectivity index (χ2v) is 7.65. The number of rotatable bonds is 2. The van der Waals surface area contributed by atoms with E-state index in [2.05, 4.69) is 17.1 Å². The van der Waals surface area contributed by atoms with Crippen LogP contribution < -0.4 is 5.32 Å². The molecule has 1 aromatic rings. The van der Waals surface area contributed by atoms with Crippen LogP contribution in [0.3, 0.4) is 0 Å². The van der Waals surface area contributed by atoms with Crippen LogP contribution in [-0.2, 0) is 12.8 Å². The molecule has 0 unspecified atom stereocenters. The summed E-state index contributed by atoms with van der Waals surface area (Å²) in [6.07, 6.45) is 12.8. The molecule has 3 aliphatic rings. The number of hydrogen-bond acceptors (Lipinski definition) is 4. The van der Waals surface area contributed by atoms with Crippen LogP contribution in [0.25, 0.3) is 0 Å². The van der Waals surface area contributed by atoms with Crippen molar-refractivity contribution in [2.75, 3.05) is 11.9 Å². The van der Waals surface area contributed by atoms with Gasteiger partial charge in [-0.05, 0) is 50.5 Å². The molecule has 3 nitrogen and oxygen atoms in total. The Bertz CT molecular complexity index is 548. The Morgan fingerprint density at radius 3 is 3.10 bits per heavy atom. The van der Waals surface area contributed by atoms with Gasteiger partial charge >= 0.3 is 0 Å². The van der Waals surface area contributed by atoms with Crippen LogP contribution in [0.2, 0.25) is 0 Å². The molecule has 2 atom stereocenters. The van der Waals surface area contributed by atoms with Crippen molar-refractivity contribution in [1.29, 1.82) is 0 Å². The van der Waals surface area contributed by atoms with Gasteiger partial charge in [0.05, 0.1) is 6.34 Å². The standard InChI is InChI=1S/C17H25N3S/c1-2-12-7-5-6-10-20(12)16-15-13-8-3-4-9-14(13)21-17(15)19-11-18-16/h11-12,16H,2-10H2,1H3,(H,18,19)/t12-,16+/m1/s1. The van der Waals surface area contributed by atoms with E-state index >= 15 is 0 Å². The van der Waals surface area contributed by atoms with Crippen LogP contribution in [0, 0.1) is 0 Å². The summed E-state index contributed by atoms with van der Waals surface area (Å²) < 4.78 is 0. The van der Waals surface area contributed by atoms with Crippen LogP contribution in [0.5, 0.6) is 0 Å². The minimum absolute atomic E-state index is 0.282. The molecule has 1 saturated heterocycles. The third kappa shape index (κ3) is 2.33. The first-order chi connectivity index (χ1) is 10.4. The van der Waals surface area contributed by atoms with Gasteiger partial charge in [0, 0.05) is 23.0 Å². The van der Waals surface area contributed by atoms with Gasteiger partial charge in [-0.2, -0.15) is 0 Å². The molecule has 3 heterocycles. The Kier molecular flexibility index (Phi) is 3.76. The van der Waals surface area contributed by atoms with E-state index in [-0.39, 0.29) is 6.17 Å². The van der Waals surface area contributed by atoms with Crippen molar-refractivity contribution < 1.29 is 0 Å². The third-order valence-corrected chi connectivity index (χ3v) is 6.58. The molecule has 0 spiro atoms. The Hall–Kier alpha value is -0.870. The lowest BCUT2D eigenvalue weighted by atomic mass is 9.92. The zero-order valence-electron chi connectivity index (χ0n) is 12.9. The van der Waals surface area contributed by atoms with Gasteiger partial charge in [-0.15, -0.1) is 11.3 Å². The van der Waals surface area contributed by atoms with Crippen LogP contribution in [-0.4, -0.2) is 23.8 Å². The van der Waals surface area contributed by atoms with Crippen molar-refractivity contribution in [3.05, 3.63) is 16.0 Å². The minimum atomic E-state index is 0.282. The zero-order valence-corrected chi connectivity index (χ0v) is 13.7. The van der Waals surface area contributed by atoms with E-state index in [1.807, 2.05) is 17.7 Å². The predicted octanol–water partition coefficient (Wildman–Crippen LogP) is 4.34. The number of nitrogens with one attached hydrogen (secondary N) is 1. The van der Waals surface area contributed by atoms with Crippen molar-refractivity contribution in [3.8, 4) is 0 Å².